The highest BCUT2D eigenvalue weighted by Crippen LogP contribution is 2.40. The number of ether oxygens (including phenoxy) is 4. The van der Waals surface area contributed by atoms with Crippen LogP contribution in [0.1, 0.15) is 23.6 Å². The van der Waals surface area contributed by atoms with Gasteiger partial charge in [0.15, 0.2) is 11.5 Å². The molecule has 8 nitrogen and oxygen atoms in total. The Morgan fingerprint density at radius 1 is 0.794 bits per heavy atom. The summed E-state index contributed by atoms with van der Waals surface area (Å²) in [4.78, 5) is 0.159. The van der Waals surface area contributed by atoms with Gasteiger partial charge in [-0.2, -0.15) is 17.9 Å². The standard InChI is InChI=1S/C25H26N2O6S/c1-30-19-12-18(13-20(15-19)31-2)23-16-22(17-10-11-24(32-3)25(14-17)33-4)26-27(23)34(28,29)21-8-6-5-7-9-21/h5-15,23H,16H2,1-4H3. The van der Waals surface area contributed by atoms with E-state index >= 15 is 0 Å². The molecule has 0 spiro atoms. The number of hydrogen-bond donors (Lipinski definition) is 0. The van der Waals surface area contributed by atoms with Gasteiger partial charge < -0.3 is 18.9 Å². The molecule has 178 valence electrons. The molecule has 0 N–H and O–H groups in total. The summed E-state index contributed by atoms with van der Waals surface area (Å²) in [6, 6.07) is 18.4. The van der Waals surface area contributed by atoms with Crippen molar-refractivity contribution in [2.24, 2.45) is 5.10 Å². The molecule has 1 aliphatic heterocycles. The number of sulfonamides is 1. The first-order valence-electron chi connectivity index (χ1n) is 10.5. The lowest BCUT2D eigenvalue weighted by Crippen LogP contribution is -2.27. The van der Waals surface area contributed by atoms with Crippen molar-refractivity contribution in [1.82, 2.24) is 4.41 Å². The number of rotatable bonds is 8. The summed E-state index contributed by atoms with van der Waals surface area (Å²) >= 11 is 0. The van der Waals surface area contributed by atoms with E-state index in [1.807, 2.05) is 6.07 Å². The van der Waals surface area contributed by atoms with Crippen LogP contribution in [0.2, 0.25) is 0 Å². The molecule has 0 saturated heterocycles. The average molecular weight is 483 g/mol. The molecule has 1 atom stereocenters. The molecule has 1 aliphatic rings. The van der Waals surface area contributed by atoms with Crippen LogP contribution >= 0.6 is 0 Å². The van der Waals surface area contributed by atoms with Gasteiger partial charge in [0.1, 0.15) is 11.5 Å². The first kappa shape index (κ1) is 23.4. The number of benzene rings is 3. The monoisotopic (exact) mass is 482 g/mol. The molecule has 0 bridgehead atoms. The van der Waals surface area contributed by atoms with Crippen LogP contribution < -0.4 is 18.9 Å². The van der Waals surface area contributed by atoms with E-state index in [2.05, 4.69) is 5.10 Å². The summed E-state index contributed by atoms with van der Waals surface area (Å²) in [6.07, 6.45) is 0.345. The van der Waals surface area contributed by atoms with E-state index in [9.17, 15) is 8.42 Å². The fraction of sp³-hybridized carbons (Fsp3) is 0.240. The summed E-state index contributed by atoms with van der Waals surface area (Å²) in [6.45, 7) is 0. The number of methoxy groups -OCH3 is 4. The van der Waals surface area contributed by atoms with E-state index in [-0.39, 0.29) is 4.90 Å². The highest BCUT2D eigenvalue weighted by atomic mass is 32.2. The fourth-order valence-electron chi connectivity index (χ4n) is 3.87. The van der Waals surface area contributed by atoms with Crippen LogP contribution in [0.3, 0.4) is 0 Å². The van der Waals surface area contributed by atoms with E-state index in [1.165, 1.54) is 4.41 Å². The van der Waals surface area contributed by atoms with Gasteiger partial charge in [0.05, 0.1) is 45.1 Å². The lowest BCUT2D eigenvalue weighted by Gasteiger charge is -2.24. The highest BCUT2D eigenvalue weighted by Gasteiger charge is 2.38. The third-order valence-electron chi connectivity index (χ3n) is 5.64. The van der Waals surface area contributed by atoms with E-state index in [0.29, 0.717) is 40.7 Å². The van der Waals surface area contributed by atoms with Gasteiger partial charge in [-0.15, -0.1) is 0 Å². The third kappa shape index (κ3) is 4.38. The van der Waals surface area contributed by atoms with Crippen molar-refractivity contribution in [3.8, 4) is 23.0 Å². The van der Waals surface area contributed by atoms with Crippen molar-refractivity contribution in [3.63, 3.8) is 0 Å². The minimum atomic E-state index is -3.94. The quantitative estimate of drug-likeness (QED) is 0.477. The number of hydrazone groups is 1. The van der Waals surface area contributed by atoms with Gasteiger partial charge >= 0.3 is 0 Å². The zero-order valence-electron chi connectivity index (χ0n) is 19.4. The van der Waals surface area contributed by atoms with E-state index in [1.54, 1.807) is 89.1 Å². The van der Waals surface area contributed by atoms with Crippen LogP contribution in [0, 0.1) is 0 Å². The van der Waals surface area contributed by atoms with Crippen LogP contribution in [0.5, 0.6) is 23.0 Å². The van der Waals surface area contributed by atoms with Crippen LogP contribution in [-0.2, 0) is 10.0 Å². The summed E-state index contributed by atoms with van der Waals surface area (Å²) in [5, 5.41) is 4.59. The summed E-state index contributed by atoms with van der Waals surface area (Å²) in [7, 11) is 2.28. The van der Waals surface area contributed by atoms with Crippen LogP contribution in [-0.4, -0.2) is 47.0 Å². The van der Waals surface area contributed by atoms with Gasteiger partial charge in [-0.25, -0.2) is 0 Å². The van der Waals surface area contributed by atoms with E-state index < -0.39 is 16.1 Å². The van der Waals surface area contributed by atoms with Crippen LogP contribution in [0.4, 0.5) is 0 Å². The molecule has 1 heterocycles. The molecule has 3 aromatic carbocycles. The Balaban J connectivity index is 1.84. The van der Waals surface area contributed by atoms with Gasteiger partial charge in [0.2, 0.25) is 0 Å². The molecule has 0 aliphatic carbocycles. The summed E-state index contributed by atoms with van der Waals surface area (Å²) in [5.41, 5.74) is 2.05. The lowest BCUT2D eigenvalue weighted by atomic mass is 9.98. The lowest BCUT2D eigenvalue weighted by molar-refractivity contribution is 0.355. The highest BCUT2D eigenvalue weighted by molar-refractivity contribution is 7.89. The molecule has 4 rings (SSSR count). The molecule has 3 aromatic rings. The zero-order chi connectivity index (χ0) is 24.3. The Hall–Kier alpha value is -3.72. The van der Waals surface area contributed by atoms with Gasteiger partial charge in [-0.1, -0.05) is 18.2 Å². The molecule has 0 amide bonds. The second-order valence-corrected chi connectivity index (χ2v) is 9.37. The Bertz CT molecular complexity index is 1290. The van der Waals surface area contributed by atoms with Crippen molar-refractivity contribution in [2.45, 2.75) is 17.4 Å². The predicted molar refractivity (Wildman–Crippen MR) is 128 cm³/mol. The maximum absolute atomic E-state index is 13.6. The van der Waals surface area contributed by atoms with Crippen LogP contribution in [0.25, 0.3) is 0 Å². The van der Waals surface area contributed by atoms with Gasteiger partial charge in [-0.05, 0) is 48.0 Å². The minimum Gasteiger partial charge on any atom is -0.497 e. The Morgan fingerprint density at radius 2 is 1.44 bits per heavy atom. The first-order valence-corrected chi connectivity index (χ1v) is 12.0. The molecule has 9 heteroatoms. The number of nitrogens with zero attached hydrogens (tertiary/aromatic N) is 2. The SMILES string of the molecule is COc1cc(OC)cc(C2CC(c3ccc(OC)c(OC)c3)=NN2S(=O)(=O)c2ccccc2)c1. The maximum Gasteiger partial charge on any atom is 0.279 e. The normalized spacial score (nSPS) is 15.6. The summed E-state index contributed by atoms with van der Waals surface area (Å²) in [5.74, 6) is 2.23. The molecule has 0 radical (unpaired) electrons. The maximum atomic E-state index is 13.6. The Morgan fingerprint density at radius 3 is 2.03 bits per heavy atom. The van der Waals surface area contributed by atoms with Crippen molar-refractivity contribution in [3.05, 3.63) is 77.9 Å². The number of hydrogen-bond acceptors (Lipinski definition) is 7. The van der Waals surface area contributed by atoms with E-state index in [0.717, 1.165) is 5.56 Å². The molecule has 0 fully saturated rings. The molecular weight excluding hydrogens is 456 g/mol. The smallest absolute Gasteiger partial charge is 0.279 e. The fourth-order valence-corrected chi connectivity index (χ4v) is 5.33. The first-order chi connectivity index (χ1) is 16.4. The summed E-state index contributed by atoms with van der Waals surface area (Å²) < 4.78 is 50.0. The molecule has 0 aromatic heterocycles. The zero-order valence-corrected chi connectivity index (χ0v) is 20.2. The molecule has 1 unspecified atom stereocenters. The van der Waals surface area contributed by atoms with Crippen molar-refractivity contribution in [2.75, 3.05) is 28.4 Å². The third-order valence-corrected chi connectivity index (χ3v) is 7.33. The molecule has 0 saturated carbocycles. The molecule has 34 heavy (non-hydrogen) atoms. The molecular formula is C25H26N2O6S. The van der Waals surface area contributed by atoms with Gasteiger partial charge in [0, 0.05) is 18.1 Å². The van der Waals surface area contributed by atoms with Gasteiger partial charge in [-0.3, -0.25) is 0 Å². The topological polar surface area (TPSA) is 86.7 Å². The Labute approximate surface area is 199 Å². The van der Waals surface area contributed by atoms with Crippen molar-refractivity contribution >= 4 is 15.7 Å². The predicted octanol–water partition coefficient (Wildman–Crippen LogP) is 4.26. The van der Waals surface area contributed by atoms with Crippen molar-refractivity contribution in [1.29, 1.82) is 0 Å². The largest absolute Gasteiger partial charge is 0.497 e. The average Bonchev–Trinajstić information content (AvgIpc) is 3.35. The van der Waals surface area contributed by atoms with Crippen LogP contribution in [0.15, 0.2) is 76.7 Å². The Kier molecular flexibility index (Phi) is 6.65. The van der Waals surface area contributed by atoms with Gasteiger partial charge in [0.25, 0.3) is 10.0 Å². The second-order valence-electron chi connectivity index (χ2n) is 7.57. The minimum absolute atomic E-state index is 0.159. The van der Waals surface area contributed by atoms with E-state index in [4.69, 9.17) is 18.9 Å². The van der Waals surface area contributed by atoms with Crippen molar-refractivity contribution < 1.29 is 27.4 Å². The second kappa shape index (κ2) is 9.64.